The van der Waals surface area contributed by atoms with Crippen molar-refractivity contribution in [3.05, 3.63) is 47.9 Å². The summed E-state index contributed by atoms with van der Waals surface area (Å²) in [6.45, 7) is 5.55. The van der Waals surface area contributed by atoms with Gasteiger partial charge in [-0.3, -0.25) is 4.21 Å². The second-order valence-electron chi connectivity index (χ2n) is 7.84. The second-order valence-corrected chi connectivity index (χ2v) is 9.22. The minimum Gasteiger partial charge on any atom is -0.349 e. The van der Waals surface area contributed by atoms with Gasteiger partial charge in [-0.2, -0.15) is 28.1 Å². The van der Waals surface area contributed by atoms with E-state index in [9.17, 15) is 21.8 Å². The Labute approximate surface area is 184 Å². The Kier molecular flexibility index (Phi) is 6.44. The highest BCUT2D eigenvalue weighted by molar-refractivity contribution is 7.84. The molecule has 0 amide bonds. The molecule has 0 saturated heterocycles. The lowest BCUT2D eigenvalue weighted by Crippen LogP contribution is -2.27. The topological polar surface area (TPSA) is 92.7 Å². The molecule has 7 nitrogen and oxygen atoms in total. The number of rotatable bonds is 5. The normalized spacial score (nSPS) is 13.0. The van der Waals surface area contributed by atoms with Crippen LogP contribution in [0.15, 0.2) is 41.3 Å². The Bertz CT molecular complexity index is 1160. The number of pyridine rings is 1. The third-order valence-electron chi connectivity index (χ3n) is 3.85. The SMILES string of the molecule is CS(=O)c1cc(F)cc(Nc2nc(NC(C)(C)C)nc(-c3cccc(C(F)(F)F)n3)n2)c1. The van der Waals surface area contributed by atoms with Crippen LogP contribution in [-0.2, 0) is 17.0 Å². The largest absolute Gasteiger partial charge is 0.433 e. The molecule has 0 bridgehead atoms. The van der Waals surface area contributed by atoms with Crippen molar-refractivity contribution in [3.63, 3.8) is 0 Å². The third-order valence-corrected chi connectivity index (χ3v) is 4.75. The van der Waals surface area contributed by atoms with Gasteiger partial charge in [0.2, 0.25) is 11.9 Å². The van der Waals surface area contributed by atoms with E-state index >= 15 is 0 Å². The molecule has 0 saturated carbocycles. The van der Waals surface area contributed by atoms with Gasteiger partial charge in [-0.05, 0) is 51.1 Å². The van der Waals surface area contributed by atoms with Gasteiger partial charge in [0, 0.05) is 33.2 Å². The van der Waals surface area contributed by atoms with Crippen molar-refractivity contribution < 1.29 is 21.8 Å². The Balaban J connectivity index is 2.08. The van der Waals surface area contributed by atoms with Gasteiger partial charge in [-0.1, -0.05) is 6.07 Å². The zero-order chi connectivity index (χ0) is 23.7. The van der Waals surface area contributed by atoms with Crippen molar-refractivity contribution in [1.82, 2.24) is 19.9 Å². The predicted molar refractivity (Wildman–Crippen MR) is 113 cm³/mol. The highest BCUT2D eigenvalue weighted by Crippen LogP contribution is 2.29. The van der Waals surface area contributed by atoms with Crippen molar-refractivity contribution >= 4 is 28.4 Å². The first kappa shape index (κ1) is 23.5. The molecule has 0 aliphatic carbocycles. The van der Waals surface area contributed by atoms with Gasteiger partial charge in [0.05, 0.1) is 0 Å². The molecule has 0 spiro atoms. The van der Waals surface area contributed by atoms with E-state index in [1.54, 1.807) is 0 Å². The van der Waals surface area contributed by atoms with Gasteiger partial charge in [-0.25, -0.2) is 9.37 Å². The highest BCUT2D eigenvalue weighted by atomic mass is 32.2. The van der Waals surface area contributed by atoms with E-state index in [1.165, 1.54) is 24.5 Å². The van der Waals surface area contributed by atoms with Crippen LogP contribution in [0.3, 0.4) is 0 Å². The molecule has 1 atom stereocenters. The minimum absolute atomic E-state index is 0.0561. The van der Waals surface area contributed by atoms with E-state index in [1.807, 2.05) is 20.8 Å². The fourth-order valence-electron chi connectivity index (χ4n) is 2.58. The number of benzene rings is 1. The molecule has 3 rings (SSSR count). The van der Waals surface area contributed by atoms with Gasteiger partial charge in [-0.15, -0.1) is 0 Å². The zero-order valence-corrected chi connectivity index (χ0v) is 18.4. The molecule has 0 aliphatic rings. The number of alkyl halides is 3. The fraction of sp³-hybridized carbons (Fsp3) is 0.300. The molecular weight excluding hydrogens is 448 g/mol. The number of anilines is 3. The number of hydrogen-bond donors (Lipinski definition) is 2. The zero-order valence-electron chi connectivity index (χ0n) is 17.6. The van der Waals surface area contributed by atoms with Crippen LogP contribution < -0.4 is 10.6 Å². The summed E-state index contributed by atoms with van der Waals surface area (Å²) in [5.41, 5.74) is -1.46. The summed E-state index contributed by atoms with van der Waals surface area (Å²) in [6, 6.07) is 7.14. The molecule has 1 unspecified atom stereocenters. The van der Waals surface area contributed by atoms with Gasteiger partial charge in [0.15, 0.2) is 5.82 Å². The van der Waals surface area contributed by atoms with Crippen LogP contribution in [0.2, 0.25) is 0 Å². The lowest BCUT2D eigenvalue weighted by Gasteiger charge is -2.21. The van der Waals surface area contributed by atoms with Gasteiger partial charge in [0.25, 0.3) is 0 Å². The molecule has 3 aromatic rings. The summed E-state index contributed by atoms with van der Waals surface area (Å²) in [5.74, 6) is -0.711. The average Bonchev–Trinajstić information content (AvgIpc) is 2.65. The van der Waals surface area contributed by atoms with Crippen molar-refractivity contribution in [3.8, 4) is 11.5 Å². The molecular formula is C20H20F4N6OS. The number of aromatic nitrogens is 4. The summed E-state index contributed by atoms with van der Waals surface area (Å²) >= 11 is 0. The maximum absolute atomic E-state index is 13.9. The molecule has 0 aliphatic heterocycles. The smallest absolute Gasteiger partial charge is 0.349 e. The van der Waals surface area contributed by atoms with Crippen molar-refractivity contribution in [2.45, 2.75) is 37.4 Å². The maximum atomic E-state index is 13.9. The fourth-order valence-corrected chi connectivity index (χ4v) is 3.16. The van der Waals surface area contributed by atoms with Crippen LogP contribution in [0.25, 0.3) is 11.5 Å². The van der Waals surface area contributed by atoms with Gasteiger partial charge in [0.1, 0.15) is 17.2 Å². The van der Waals surface area contributed by atoms with E-state index in [4.69, 9.17) is 0 Å². The molecule has 1 aromatic carbocycles. The van der Waals surface area contributed by atoms with E-state index in [0.717, 1.165) is 18.2 Å². The lowest BCUT2D eigenvalue weighted by molar-refractivity contribution is -0.141. The molecule has 32 heavy (non-hydrogen) atoms. The molecule has 2 N–H and O–H groups in total. The summed E-state index contributed by atoms with van der Waals surface area (Å²) in [7, 11) is -1.43. The van der Waals surface area contributed by atoms with Crippen molar-refractivity contribution in [2.24, 2.45) is 0 Å². The number of hydrogen-bond acceptors (Lipinski definition) is 7. The lowest BCUT2D eigenvalue weighted by atomic mass is 10.1. The Hall–Kier alpha value is -3.15. The Morgan fingerprint density at radius 2 is 1.62 bits per heavy atom. The number of nitrogens with zero attached hydrogens (tertiary/aromatic N) is 4. The highest BCUT2D eigenvalue weighted by Gasteiger charge is 2.32. The first-order valence-electron chi connectivity index (χ1n) is 9.30. The predicted octanol–water partition coefficient (Wildman–Crippen LogP) is 4.78. The van der Waals surface area contributed by atoms with Crippen molar-refractivity contribution in [2.75, 3.05) is 16.9 Å². The van der Waals surface area contributed by atoms with Crippen LogP contribution in [0, 0.1) is 5.82 Å². The summed E-state index contributed by atoms with van der Waals surface area (Å²) in [5, 5.41) is 5.82. The van der Waals surface area contributed by atoms with E-state index in [0.29, 0.717) is 0 Å². The van der Waals surface area contributed by atoms with Gasteiger partial charge < -0.3 is 10.6 Å². The quantitative estimate of drug-likeness (QED) is 0.521. The van der Waals surface area contributed by atoms with Crippen LogP contribution >= 0.6 is 0 Å². The molecule has 2 heterocycles. The standard InChI is InChI=1S/C20H20F4N6OS/c1-19(2,3)30-18-28-16(14-6-5-7-15(26-14)20(22,23)24)27-17(29-18)25-12-8-11(21)9-13(10-12)32(4)31/h5-10H,1-4H3,(H2,25,27,28,29,30). The summed E-state index contributed by atoms with van der Waals surface area (Å²) in [6.07, 6.45) is -3.23. The van der Waals surface area contributed by atoms with E-state index in [2.05, 4.69) is 30.6 Å². The van der Waals surface area contributed by atoms with Crippen LogP contribution in [-0.4, -0.2) is 35.9 Å². The van der Waals surface area contributed by atoms with Crippen LogP contribution in [0.5, 0.6) is 0 Å². The average molecular weight is 468 g/mol. The Morgan fingerprint density at radius 3 is 2.25 bits per heavy atom. The Morgan fingerprint density at radius 1 is 0.938 bits per heavy atom. The number of halogens is 4. The third kappa shape index (κ3) is 6.19. The summed E-state index contributed by atoms with van der Waals surface area (Å²) < 4.78 is 64.9. The molecule has 12 heteroatoms. The molecule has 2 aromatic heterocycles. The first-order valence-corrected chi connectivity index (χ1v) is 10.9. The maximum Gasteiger partial charge on any atom is 0.433 e. The molecule has 170 valence electrons. The first-order chi connectivity index (χ1) is 14.8. The second kappa shape index (κ2) is 8.77. The van der Waals surface area contributed by atoms with Crippen LogP contribution in [0.4, 0.5) is 35.1 Å². The molecule has 0 fully saturated rings. The monoisotopic (exact) mass is 468 g/mol. The number of nitrogens with one attached hydrogen (secondary N) is 2. The van der Waals surface area contributed by atoms with Crippen LogP contribution in [0.1, 0.15) is 26.5 Å². The van der Waals surface area contributed by atoms with E-state index < -0.39 is 34.0 Å². The minimum atomic E-state index is -4.63. The van der Waals surface area contributed by atoms with Crippen molar-refractivity contribution in [1.29, 1.82) is 0 Å². The summed E-state index contributed by atoms with van der Waals surface area (Å²) in [4.78, 5) is 16.4. The molecule has 0 radical (unpaired) electrons. The van der Waals surface area contributed by atoms with Gasteiger partial charge >= 0.3 is 6.18 Å². The van der Waals surface area contributed by atoms with E-state index in [-0.39, 0.29) is 34.0 Å².